The van der Waals surface area contributed by atoms with E-state index in [0.717, 1.165) is 15.7 Å². The minimum Gasteiger partial charge on any atom is -0.394 e. The third-order valence-electron chi connectivity index (χ3n) is 2.38. The van der Waals surface area contributed by atoms with E-state index in [4.69, 9.17) is 10.8 Å². The van der Waals surface area contributed by atoms with Crippen LogP contribution in [0.2, 0.25) is 0 Å². The lowest BCUT2D eigenvalue weighted by molar-refractivity contribution is 0.268. The fourth-order valence-corrected chi connectivity index (χ4v) is 2.07. The summed E-state index contributed by atoms with van der Waals surface area (Å²) in [6.07, 6.45) is 5.32. The molecule has 0 spiro atoms. The quantitative estimate of drug-likeness (QED) is 0.899. The summed E-state index contributed by atoms with van der Waals surface area (Å²) in [5.74, 6) is 0. The van der Waals surface area contributed by atoms with Gasteiger partial charge in [-0.3, -0.25) is 0 Å². The number of rotatable bonds is 3. The second kappa shape index (κ2) is 4.78. The SMILES string of the molecule is NC(CO)c1ccc(-n2ccnc2)c(Br)c1. The summed E-state index contributed by atoms with van der Waals surface area (Å²) < 4.78 is 2.82. The van der Waals surface area contributed by atoms with E-state index >= 15 is 0 Å². The van der Waals surface area contributed by atoms with E-state index in [1.165, 1.54) is 0 Å². The third-order valence-corrected chi connectivity index (χ3v) is 3.01. The molecule has 1 atom stereocenters. The number of hydrogen-bond donors (Lipinski definition) is 2. The van der Waals surface area contributed by atoms with E-state index in [-0.39, 0.29) is 12.6 Å². The minimum absolute atomic E-state index is 0.0587. The van der Waals surface area contributed by atoms with Gasteiger partial charge < -0.3 is 15.4 Å². The number of imidazole rings is 1. The zero-order valence-corrected chi connectivity index (χ0v) is 10.1. The second-order valence-corrected chi connectivity index (χ2v) is 4.32. The lowest BCUT2D eigenvalue weighted by atomic mass is 10.1. The molecular formula is C11H12BrN3O. The molecule has 0 bridgehead atoms. The molecule has 0 radical (unpaired) electrons. The van der Waals surface area contributed by atoms with Crippen LogP contribution in [0, 0.1) is 0 Å². The molecule has 0 amide bonds. The molecule has 0 aliphatic heterocycles. The molecule has 5 heteroatoms. The first-order valence-corrected chi connectivity index (χ1v) is 5.66. The molecule has 1 aromatic carbocycles. The predicted molar refractivity (Wildman–Crippen MR) is 65.3 cm³/mol. The average Bonchev–Trinajstić information content (AvgIpc) is 2.81. The first-order valence-electron chi connectivity index (χ1n) is 4.86. The number of aromatic nitrogens is 2. The maximum Gasteiger partial charge on any atom is 0.0992 e. The molecule has 3 N–H and O–H groups in total. The molecule has 0 aliphatic carbocycles. The van der Waals surface area contributed by atoms with Crippen molar-refractivity contribution in [2.75, 3.05) is 6.61 Å². The Labute approximate surface area is 102 Å². The average molecular weight is 282 g/mol. The summed E-state index contributed by atoms with van der Waals surface area (Å²) in [7, 11) is 0. The van der Waals surface area contributed by atoms with Gasteiger partial charge in [0.15, 0.2) is 0 Å². The lowest BCUT2D eigenvalue weighted by Gasteiger charge is -2.11. The van der Waals surface area contributed by atoms with E-state index in [9.17, 15) is 0 Å². The Kier molecular flexibility index (Phi) is 3.38. The van der Waals surface area contributed by atoms with Gasteiger partial charge in [-0.25, -0.2) is 4.98 Å². The van der Waals surface area contributed by atoms with Gasteiger partial charge in [-0.1, -0.05) is 6.07 Å². The van der Waals surface area contributed by atoms with Crippen LogP contribution in [0.4, 0.5) is 0 Å². The molecule has 0 fully saturated rings. The summed E-state index contributed by atoms with van der Waals surface area (Å²) in [6, 6.07) is 5.42. The highest BCUT2D eigenvalue weighted by molar-refractivity contribution is 9.10. The van der Waals surface area contributed by atoms with Crippen molar-refractivity contribution in [1.29, 1.82) is 0 Å². The predicted octanol–water partition coefficient (Wildman–Crippen LogP) is 1.63. The monoisotopic (exact) mass is 281 g/mol. The molecule has 0 aliphatic rings. The number of halogens is 1. The summed E-state index contributed by atoms with van der Waals surface area (Å²) in [4.78, 5) is 3.99. The number of aliphatic hydroxyl groups is 1. The van der Waals surface area contributed by atoms with Crippen LogP contribution in [0.15, 0.2) is 41.4 Å². The Bertz CT molecular complexity index is 470. The Morgan fingerprint density at radius 3 is 2.88 bits per heavy atom. The first kappa shape index (κ1) is 11.3. The molecule has 2 aromatic rings. The minimum atomic E-state index is -0.340. The van der Waals surface area contributed by atoms with Crippen LogP contribution >= 0.6 is 15.9 Å². The van der Waals surface area contributed by atoms with Crippen LogP contribution in [0.25, 0.3) is 5.69 Å². The van der Waals surface area contributed by atoms with Crippen LogP contribution in [-0.4, -0.2) is 21.3 Å². The van der Waals surface area contributed by atoms with Crippen LogP contribution in [0.3, 0.4) is 0 Å². The Morgan fingerprint density at radius 2 is 2.31 bits per heavy atom. The van der Waals surface area contributed by atoms with Gasteiger partial charge in [-0.15, -0.1) is 0 Å². The fraction of sp³-hybridized carbons (Fsp3) is 0.182. The summed E-state index contributed by atoms with van der Waals surface area (Å²) in [6.45, 7) is -0.0587. The fourth-order valence-electron chi connectivity index (χ4n) is 1.47. The number of nitrogens with zero attached hydrogens (tertiary/aromatic N) is 2. The highest BCUT2D eigenvalue weighted by Gasteiger charge is 2.08. The second-order valence-electron chi connectivity index (χ2n) is 3.47. The largest absolute Gasteiger partial charge is 0.394 e. The maximum absolute atomic E-state index is 8.98. The zero-order chi connectivity index (χ0) is 11.5. The number of hydrogen-bond acceptors (Lipinski definition) is 3. The molecule has 0 saturated carbocycles. The third kappa shape index (κ3) is 2.16. The normalized spacial score (nSPS) is 12.7. The van der Waals surface area contributed by atoms with Crippen LogP contribution in [0.5, 0.6) is 0 Å². The first-order chi connectivity index (χ1) is 7.72. The molecule has 84 valence electrons. The van der Waals surface area contributed by atoms with Crippen LogP contribution < -0.4 is 5.73 Å². The van der Waals surface area contributed by atoms with Gasteiger partial charge in [0.25, 0.3) is 0 Å². The maximum atomic E-state index is 8.98. The number of aliphatic hydroxyl groups excluding tert-OH is 1. The van der Waals surface area contributed by atoms with Crippen molar-refractivity contribution in [3.8, 4) is 5.69 Å². The van der Waals surface area contributed by atoms with E-state index in [2.05, 4.69) is 20.9 Å². The van der Waals surface area contributed by atoms with Crippen LogP contribution in [-0.2, 0) is 0 Å². The molecule has 1 heterocycles. The van der Waals surface area contributed by atoms with Gasteiger partial charge in [0.1, 0.15) is 0 Å². The van der Waals surface area contributed by atoms with Gasteiger partial charge in [0.2, 0.25) is 0 Å². The van der Waals surface area contributed by atoms with E-state index in [1.807, 2.05) is 29.0 Å². The van der Waals surface area contributed by atoms with Gasteiger partial charge >= 0.3 is 0 Å². The molecular weight excluding hydrogens is 270 g/mol. The highest BCUT2D eigenvalue weighted by Crippen LogP contribution is 2.24. The number of benzene rings is 1. The Balaban J connectivity index is 2.37. The summed E-state index contributed by atoms with van der Waals surface area (Å²) in [5.41, 5.74) is 7.64. The van der Waals surface area contributed by atoms with E-state index in [1.54, 1.807) is 12.5 Å². The van der Waals surface area contributed by atoms with Crippen LogP contribution in [0.1, 0.15) is 11.6 Å². The summed E-state index contributed by atoms with van der Waals surface area (Å²) >= 11 is 3.48. The van der Waals surface area contributed by atoms with Gasteiger partial charge in [-0.05, 0) is 33.6 Å². The molecule has 4 nitrogen and oxygen atoms in total. The van der Waals surface area contributed by atoms with Gasteiger partial charge in [0.05, 0.1) is 24.7 Å². The van der Waals surface area contributed by atoms with E-state index in [0.29, 0.717) is 0 Å². The molecule has 1 aromatic heterocycles. The molecule has 1 unspecified atom stereocenters. The smallest absolute Gasteiger partial charge is 0.0992 e. The summed E-state index contributed by atoms with van der Waals surface area (Å²) in [5, 5.41) is 8.98. The molecule has 0 saturated heterocycles. The van der Waals surface area contributed by atoms with Crippen molar-refractivity contribution in [2.45, 2.75) is 6.04 Å². The molecule has 16 heavy (non-hydrogen) atoms. The van der Waals surface area contributed by atoms with E-state index < -0.39 is 0 Å². The molecule has 2 rings (SSSR count). The Morgan fingerprint density at radius 1 is 1.50 bits per heavy atom. The standard InChI is InChI=1S/C11H12BrN3O/c12-9-5-8(10(13)6-16)1-2-11(9)15-4-3-14-7-15/h1-5,7,10,16H,6,13H2. The van der Waals surface area contributed by atoms with Crippen molar-refractivity contribution in [3.05, 3.63) is 47.0 Å². The van der Waals surface area contributed by atoms with Crippen molar-refractivity contribution < 1.29 is 5.11 Å². The van der Waals surface area contributed by atoms with Crippen molar-refractivity contribution in [3.63, 3.8) is 0 Å². The van der Waals surface area contributed by atoms with Crippen molar-refractivity contribution in [2.24, 2.45) is 5.73 Å². The highest BCUT2D eigenvalue weighted by atomic mass is 79.9. The lowest BCUT2D eigenvalue weighted by Crippen LogP contribution is -2.14. The van der Waals surface area contributed by atoms with Gasteiger partial charge in [0, 0.05) is 16.9 Å². The topological polar surface area (TPSA) is 64.1 Å². The zero-order valence-electron chi connectivity index (χ0n) is 8.55. The van der Waals surface area contributed by atoms with Crippen molar-refractivity contribution in [1.82, 2.24) is 9.55 Å². The van der Waals surface area contributed by atoms with Crippen molar-refractivity contribution >= 4 is 15.9 Å². The Hall–Kier alpha value is -1.17. The van der Waals surface area contributed by atoms with Gasteiger partial charge in [-0.2, -0.15) is 0 Å². The number of nitrogens with two attached hydrogens (primary N) is 1.